The van der Waals surface area contributed by atoms with Crippen LogP contribution in [0.4, 0.5) is 5.69 Å². The molecule has 1 aromatic rings. The standard InChI is InChI=1S/C14H20N2O3/c1-14(2)11(7-12(14)17)16-13(18)9-5-4-8(19-3)6-10(9)15/h4-6,11-12,17H,7,15H2,1-3H3,(H,16,18). The summed E-state index contributed by atoms with van der Waals surface area (Å²) in [5.41, 5.74) is 6.36. The van der Waals surface area contributed by atoms with Gasteiger partial charge in [0.15, 0.2) is 0 Å². The van der Waals surface area contributed by atoms with E-state index in [1.54, 1.807) is 25.3 Å². The molecule has 1 aliphatic rings. The summed E-state index contributed by atoms with van der Waals surface area (Å²) in [6.07, 6.45) is 0.209. The van der Waals surface area contributed by atoms with Gasteiger partial charge in [-0.2, -0.15) is 0 Å². The molecule has 0 saturated heterocycles. The number of hydrogen-bond acceptors (Lipinski definition) is 4. The molecule has 0 spiro atoms. The summed E-state index contributed by atoms with van der Waals surface area (Å²) in [6.45, 7) is 3.87. The van der Waals surface area contributed by atoms with E-state index >= 15 is 0 Å². The topological polar surface area (TPSA) is 84.6 Å². The largest absolute Gasteiger partial charge is 0.497 e. The molecule has 0 aliphatic heterocycles. The van der Waals surface area contributed by atoms with Crippen LogP contribution in [0.15, 0.2) is 18.2 Å². The normalized spacial score (nSPS) is 24.4. The van der Waals surface area contributed by atoms with Crippen molar-refractivity contribution in [2.24, 2.45) is 5.41 Å². The van der Waals surface area contributed by atoms with E-state index < -0.39 is 0 Å². The molecule has 2 unspecified atom stereocenters. The number of nitrogens with one attached hydrogen (secondary N) is 1. The quantitative estimate of drug-likeness (QED) is 0.715. The Bertz CT molecular complexity index is 499. The number of nitrogen functional groups attached to an aromatic ring is 1. The van der Waals surface area contributed by atoms with Gasteiger partial charge in [-0.15, -0.1) is 0 Å². The summed E-state index contributed by atoms with van der Waals surface area (Å²) >= 11 is 0. The van der Waals surface area contributed by atoms with Crippen molar-refractivity contribution < 1.29 is 14.6 Å². The Kier molecular flexibility index (Phi) is 3.41. The first-order valence-corrected chi connectivity index (χ1v) is 6.28. The third-order valence-electron chi connectivity index (χ3n) is 4.02. The molecular weight excluding hydrogens is 244 g/mol. The Morgan fingerprint density at radius 3 is 2.68 bits per heavy atom. The van der Waals surface area contributed by atoms with Gasteiger partial charge in [0.2, 0.25) is 0 Å². The zero-order valence-electron chi connectivity index (χ0n) is 11.4. The van der Waals surface area contributed by atoms with Crippen molar-refractivity contribution in [2.75, 3.05) is 12.8 Å². The maximum atomic E-state index is 12.1. The van der Waals surface area contributed by atoms with Gasteiger partial charge in [-0.05, 0) is 18.6 Å². The van der Waals surface area contributed by atoms with E-state index in [2.05, 4.69) is 5.32 Å². The van der Waals surface area contributed by atoms with Crippen LogP contribution in [0.25, 0.3) is 0 Å². The molecule has 104 valence electrons. The number of ether oxygens (including phenoxy) is 1. The van der Waals surface area contributed by atoms with Crippen LogP contribution in [0.5, 0.6) is 5.75 Å². The van der Waals surface area contributed by atoms with E-state index in [-0.39, 0.29) is 23.5 Å². The van der Waals surface area contributed by atoms with Gasteiger partial charge in [-0.25, -0.2) is 0 Å². The van der Waals surface area contributed by atoms with Crippen molar-refractivity contribution >= 4 is 11.6 Å². The number of aliphatic hydroxyl groups excluding tert-OH is 1. The van der Waals surface area contributed by atoms with Gasteiger partial charge in [0.25, 0.3) is 5.91 Å². The number of nitrogens with two attached hydrogens (primary N) is 1. The minimum absolute atomic E-state index is 0.0310. The SMILES string of the molecule is COc1ccc(C(=O)NC2CC(O)C2(C)C)c(N)c1. The highest BCUT2D eigenvalue weighted by Gasteiger charge is 2.48. The third-order valence-corrected chi connectivity index (χ3v) is 4.02. The Balaban J connectivity index is 2.09. The van der Waals surface area contributed by atoms with E-state index in [1.807, 2.05) is 13.8 Å². The molecule has 2 rings (SSSR count). The first-order chi connectivity index (χ1) is 8.86. The van der Waals surface area contributed by atoms with Gasteiger partial charge in [0.1, 0.15) is 5.75 Å². The van der Waals surface area contributed by atoms with Crippen molar-refractivity contribution in [2.45, 2.75) is 32.4 Å². The predicted octanol–water partition coefficient (Wildman–Crippen LogP) is 1.17. The van der Waals surface area contributed by atoms with Gasteiger partial charge >= 0.3 is 0 Å². The summed E-state index contributed by atoms with van der Waals surface area (Å²) < 4.78 is 5.05. The van der Waals surface area contributed by atoms with Crippen LogP contribution < -0.4 is 15.8 Å². The van der Waals surface area contributed by atoms with Crippen LogP contribution in [0.3, 0.4) is 0 Å². The monoisotopic (exact) mass is 264 g/mol. The molecule has 5 heteroatoms. The van der Waals surface area contributed by atoms with Crippen LogP contribution in [-0.4, -0.2) is 30.3 Å². The highest BCUT2D eigenvalue weighted by molar-refractivity contribution is 5.99. The lowest BCUT2D eigenvalue weighted by atomic mass is 9.64. The first kappa shape index (κ1) is 13.7. The maximum absolute atomic E-state index is 12.1. The minimum Gasteiger partial charge on any atom is -0.497 e. The number of amides is 1. The molecule has 19 heavy (non-hydrogen) atoms. The second kappa shape index (κ2) is 4.74. The van der Waals surface area contributed by atoms with Crippen LogP contribution in [0.2, 0.25) is 0 Å². The lowest BCUT2D eigenvalue weighted by molar-refractivity contribution is -0.0689. The van der Waals surface area contributed by atoms with Crippen molar-refractivity contribution in [1.29, 1.82) is 0 Å². The van der Waals surface area contributed by atoms with Crippen LogP contribution in [0, 0.1) is 5.41 Å². The summed E-state index contributed by atoms with van der Waals surface area (Å²) in [5, 5.41) is 12.6. The van der Waals surface area contributed by atoms with Crippen molar-refractivity contribution in [1.82, 2.24) is 5.32 Å². The molecule has 0 aromatic heterocycles. The molecule has 1 fully saturated rings. The Morgan fingerprint density at radius 2 is 2.21 bits per heavy atom. The van der Waals surface area contributed by atoms with Crippen LogP contribution >= 0.6 is 0 Å². The van der Waals surface area contributed by atoms with Gasteiger partial charge in [0.05, 0.1) is 18.8 Å². The Labute approximate surface area is 112 Å². The third kappa shape index (κ3) is 2.38. The second-order valence-electron chi connectivity index (χ2n) is 5.55. The fraction of sp³-hybridized carbons (Fsp3) is 0.500. The highest BCUT2D eigenvalue weighted by atomic mass is 16.5. The highest BCUT2D eigenvalue weighted by Crippen LogP contribution is 2.40. The molecule has 0 heterocycles. The smallest absolute Gasteiger partial charge is 0.253 e. The zero-order chi connectivity index (χ0) is 14.2. The van der Waals surface area contributed by atoms with Crippen molar-refractivity contribution in [3.8, 4) is 5.75 Å². The van der Waals surface area contributed by atoms with E-state index in [0.717, 1.165) is 0 Å². The number of carbonyl (C=O) groups excluding carboxylic acids is 1. The summed E-state index contributed by atoms with van der Waals surface area (Å²) in [7, 11) is 1.55. The van der Waals surface area contributed by atoms with E-state index in [4.69, 9.17) is 10.5 Å². The summed E-state index contributed by atoms with van der Waals surface area (Å²) in [4.78, 5) is 12.1. The summed E-state index contributed by atoms with van der Waals surface area (Å²) in [5.74, 6) is 0.401. The molecule has 5 nitrogen and oxygen atoms in total. The zero-order valence-corrected chi connectivity index (χ0v) is 11.4. The van der Waals surface area contributed by atoms with Gasteiger partial charge < -0.3 is 20.9 Å². The first-order valence-electron chi connectivity index (χ1n) is 6.28. The summed E-state index contributed by atoms with van der Waals surface area (Å²) in [6, 6.07) is 4.93. The minimum atomic E-state index is -0.369. The Hall–Kier alpha value is -1.75. The van der Waals surface area contributed by atoms with E-state index in [1.165, 1.54) is 0 Å². The average molecular weight is 264 g/mol. The van der Waals surface area contributed by atoms with Crippen LogP contribution in [-0.2, 0) is 0 Å². The number of carbonyl (C=O) groups is 1. The van der Waals surface area contributed by atoms with Crippen LogP contribution in [0.1, 0.15) is 30.6 Å². The average Bonchev–Trinajstić information content (AvgIpc) is 2.37. The number of anilines is 1. The van der Waals surface area contributed by atoms with Gasteiger partial charge in [-0.3, -0.25) is 4.79 Å². The number of hydrogen-bond donors (Lipinski definition) is 3. The molecule has 1 amide bonds. The molecule has 1 aliphatic carbocycles. The number of aliphatic hydroxyl groups is 1. The molecule has 4 N–H and O–H groups in total. The van der Waals surface area contributed by atoms with Crippen molar-refractivity contribution in [3.63, 3.8) is 0 Å². The van der Waals surface area contributed by atoms with E-state index in [0.29, 0.717) is 23.4 Å². The number of rotatable bonds is 3. The molecular formula is C14H20N2O3. The fourth-order valence-corrected chi connectivity index (χ4v) is 2.26. The van der Waals surface area contributed by atoms with Gasteiger partial charge in [0, 0.05) is 23.2 Å². The molecule has 0 radical (unpaired) electrons. The van der Waals surface area contributed by atoms with Crippen molar-refractivity contribution in [3.05, 3.63) is 23.8 Å². The lowest BCUT2D eigenvalue weighted by Gasteiger charge is -2.49. The number of benzene rings is 1. The molecule has 2 atom stereocenters. The lowest BCUT2D eigenvalue weighted by Crippen LogP contribution is -2.61. The Morgan fingerprint density at radius 1 is 1.53 bits per heavy atom. The predicted molar refractivity (Wildman–Crippen MR) is 73.1 cm³/mol. The molecule has 1 aromatic carbocycles. The number of methoxy groups -OCH3 is 1. The molecule has 1 saturated carbocycles. The molecule has 0 bridgehead atoms. The van der Waals surface area contributed by atoms with E-state index in [9.17, 15) is 9.90 Å². The van der Waals surface area contributed by atoms with Gasteiger partial charge in [-0.1, -0.05) is 13.8 Å². The fourth-order valence-electron chi connectivity index (χ4n) is 2.26. The maximum Gasteiger partial charge on any atom is 0.253 e. The second-order valence-corrected chi connectivity index (χ2v) is 5.55.